The minimum atomic E-state index is -0.411. The Kier molecular flexibility index (Phi) is 5.94. The van der Waals surface area contributed by atoms with E-state index in [2.05, 4.69) is 17.4 Å². The zero-order valence-corrected chi connectivity index (χ0v) is 15.6. The summed E-state index contributed by atoms with van der Waals surface area (Å²) in [6.07, 6.45) is 4.78. The van der Waals surface area contributed by atoms with Gasteiger partial charge < -0.3 is 10.1 Å². The Balaban J connectivity index is 1.50. The van der Waals surface area contributed by atoms with Gasteiger partial charge in [0.2, 0.25) is 0 Å². The standard InChI is InChI=1S/C21H22ClNO3/c1-14-6-9-19(18(22)10-14)23-20(24)13-26-21(25)12-15-7-8-16-4-2-3-5-17(16)11-15/h6-11H,2-5,12-13H2,1H3,(H,23,24). The topological polar surface area (TPSA) is 55.4 Å². The average molecular weight is 372 g/mol. The van der Waals surface area contributed by atoms with Gasteiger partial charge in [0.25, 0.3) is 5.91 Å². The third kappa shape index (κ3) is 4.85. The molecule has 4 nitrogen and oxygen atoms in total. The van der Waals surface area contributed by atoms with Gasteiger partial charge in [-0.25, -0.2) is 0 Å². The second-order valence-corrected chi connectivity index (χ2v) is 7.09. The smallest absolute Gasteiger partial charge is 0.310 e. The first-order valence-electron chi connectivity index (χ1n) is 8.83. The number of carbonyl (C=O) groups is 2. The zero-order chi connectivity index (χ0) is 18.5. The molecule has 26 heavy (non-hydrogen) atoms. The maximum absolute atomic E-state index is 12.0. The third-order valence-corrected chi connectivity index (χ3v) is 4.84. The molecule has 5 heteroatoms. The lowest BCUT2D eigenvalue weighted by Crippen LogP contribution is -2.21. The molecule has 1 amide bonds. The fraction of sp³-hybridized carbons (Fsp3) is 0.333. The SMILES string of the molecule is Cc1ccc(NC(=O)COC(=O)Cc2ccc3c(c2)CCCC3)c(Cl)c1. The van der Waals surface area contributed by atoms with E-state index in [1.54, 1.807) is 12.1 Å². The van der Waals surface area contributed by atoms with Gasteiger partial charge in [-0.2, -0.15) is 0 Å². The first-order chi connectivity index (χ1) is 12.5. The maximum Gasteiger partial charge on any atom is 0.310 e. The van der Waals surface area contributed by atoms with Crippen molar-refractivity contribution in [2.45, 2.75) is 39.0 Å². The summed E-state index contributed by atoms with van der Waals surface area (Å²) in [5, 5.41) is 3.11. The highest BCUT2D eigenvalue weighted by atomic mass is 35.5. The molecular weight excluding hydrogens is 350 g/mol. The van der Waals surface area contributed by atoms with Gasteiger partial charge in [0.05, 0.1) is 17.1 Å². The molecule has 2 aromatic rings. The van der Waals surface area contributed by atoms with Crippen LogP contribution in [0.5, 0.6) is 0 Å². The van der Waals surface area contributed by atoms with E-state index >= 15 is 0 Å². The molecule has 136 valence electrons. The van der Waals surface area contributed by atoms with Crippen molar-refractivity contribution in [3.63, 3.8) is 0 Å². The van der Waals surface area contributed by atoms with E-state index < -0.39 is 11.9 Å². The summed E-state index contributed by atoms with van der Waals surface area (Å²) in [6, 6.07) is 11.5. The number of anilines is 1. The van der Waals surface area contributed by atoms with E-state index in [4.69, 9.17) is 16.3 Å². The van der Waals surface area contributed by atoms with Crippen LogP contribution in [0.1, 0.15) is 35.1 Å². The molecule has 0 bridgehead atoms. The lowest BCUT2D eigenvalue weighted by Gasteiger charge is -2.16. The predicted octanol–water partition coefficient (Wildman–Crippen LogP) is 4.25. The van der Waals surface area contributed by atoms with Crippen LogP contribution in [0.15, 0.2) is 36.4 Å². The van der Waals surface area contributed by atoms with Crippen molar-refractivity contribution in [3.8, 4) is 0 Å². The molecule has 2 aromatic carbocycles. The number of halogens is 1. The molecule has 0 saturated heterocycles. The first-order valence-corrected chi connectivity index (χ1v) is 9.21. The minimum absolute atomic E-state index is 0.172. The quantitative estimate of drug-likeness (QED) is 0.799. The van der Waals surface area contributed by atoms with Crippen LogP contribution in [-0.4, -0.2) is 18.5 Å². The number of aryl methyl sites for hydroxylation is 3. The van der Waals surface area contributed by atoms with E-state index in [1.165, 1.54) is 24.0 Å². The molecule has 0 fully saturated rings. The van der Waals surface area contributed by atoms with E-state index in [0.717, 1.165) is 24.0 Å². The zero-order valence-electron chi connectivity index (χ0n) is 14.8. The lowest BCUT2D eigenvalue weighted by atomic mass is 9.90. The molecule has 0 saturated carbocycles. The Hall–Kier alpha value is -2.33. The van der Waals surface area contributed by atoms with Crippen molar-refractivity contribution in [3.05, 3.63) is 63.7 Å². The molecule has 0 radical (unpaired) electrons. The number of hydrogen-bond acceptors (Lipinski definition) is 3. The Morgan fingerprint density at radius 1 is 1.08 bits per heavy atom. The van der Waals surface area contributed by atoms with Crippen LogP contribution >= 0.6 is 11.6 Å². The van der Waals surface area contributed by atoms with Gasteiger partial charge in [0, 0.05) is 0 Å². The van der Waals surface area contributed by atoms with Crippen LogP contribution in [0.3, 0.4) is 0 Å². The summed E-state index contributed by atoms with van der Waals surface area (Å²) in [7, 11) is 0. The Morgan fingerprint density at radius 3 is 2.62 bits per heavy atom. The summed E-state index contributed by atoms with van der Waals surface area (Å²) in [5.74, 6) is -0.819. The van der Waals surface area contributed by atoms with E-state index in [1.807, 2.05) is 19.1 Å². The van der Waals surface area contributed by atoms with E-state index in [-0.39, 0.29) is 13.0 Å². The van der Waals surface area contributed by atoms with Crippen molar-refractivity contribution < 1.29 is 14.3 Å². The van der Waals surface area contributed by atoms with Crippen molar-refractivity contribution >= 4 is 29.2 Å². The van der Waals surface area contributed by atoms with Gasteiger partial charge in [-0.1, -0.05) is 35.9 Å². The molecule has 0 spiro atoms. The predicted molar refractivity (Wildman–Crippen MR) is 103 cm³/mol. The van der Waals surface area contributed by atoms with Gasteiger partial charge >= 0.3 is 5.97 Å². The molecule has 0 aliphatic heterocycles. The molecule has 1 aliphatic rings. The largest absolute Gasteiger partial charge is 0.455 e. The first kappa shape index (κ1) is 18.5. The Bertz CT molecular complexity index is 832. The summed E-state index contributed by atoms with van der Waals surface area (Å²) < 4.78 is 5.09. The Labute approximate surface area is 158 Å². The summed E-state index contributed by atoms with van der Waals surface area (Å²) in [4.78, 5) is 24.0. The lowest BCUT2D eigenvalue weighted by molar-refractivity contribution is -0.146. The number of amides is 1. The highest BCUT2D eigenvalue weighted by Crippen LogP contribution is 2.23. The number of fused-ring (bicyclic) bond motifs is 1. The van der Waals surface area contributed by atoms with Crippen molar-refractivity contribution in [2.24, 2.45) is 0 Å². The van der Waals surface area contributed by atoms with Crippen molar-refractivity contribution in [2.75, 3.05) is 11.9 Å². The summed E-state index contributed by atoms with van der Waals surface area (Å²) in [5.41, 5.74) is 5.14. The number of ether oxygens (including phenoxy) is 1. The molecule has 0 aromatic heterocycles. The average Bonchev–Trinajstić information content (AvgIpc) is 2.62. The van der Waals surface area contributed by atoms with Gasteiger partial charge in [-0.3, -0.25) is 9.59 Å². The number of esters is 1. The van der Waals surface area contributed by atoms with E-state index in [0.29, 0.717) is 10.7 Å². The van der Waals surface area contributed by atoms with Crippen LogP contribution in [0, 0.1) is 6.92 Å². The van der Waals surface area contributed by atoms with Crippen LogP contribution in [0.25, 0.3) is 0 Å². The number of carbonyl (C=O) groups excluding carboxylic acids is 2. The van der Waals surface area contributed by atoms with Gasteiger partial charge in [-0.05, 0) is 67.0 Å². The number of nitrogens with one attached hydrogen (secondary N) is 1. The molecule has 0 atom stereocenters. The fourth-order valence-corrected chi connectivity index (χ4v) is 3.45. The van der Waals surface area contributed by atoms with Crippen LogP contribution < -0.4 is 5.32 Å². The number of hydrogen-bond donors (Lipinski definition) is 1. The molecule has 0 unspecified atom stereocenters. The Morgan fingerprint density at radius 2 is 1.85 bits per heavy atom. The maximum atomic E-state index is 12.0. The fourth-order valence-electron chi connectivity index (χ4n) is 3.17. The van der Waals surface area contributed by atoms with E-state index in [9.17, 15) is 9.59 Å². The van der Waals surface area contributed by atoms with Crippen molar-refractivity contribution in [1.82, 2.24) is 0 Å². The second kappa shape index (κ2) is 8.37. The molecule has 0 heterocycles. The number of rotatable bonds is 5. The molecule has 3 rings (SSSR count). The highest BCUT2D eigenvalue weighted by molar-refractivity contribution is 6.33. The van der Waals surface area contributed by atoms with Crippen molar-refractivity contribution in [1.29, 1.82) is 0 Å². The molecule has 1 N–H and O–H groups in total. The second-order valence-electron chi connectivity index (χ2n) is 6.68. The molecule has 1 aliphatic carbocycles. The van der Waals surface area contributed by atoms with Gasteiger partial charge in [0.1, 0.15) is 0 Å². The normalized spacial score (nSPS) is 13.0. The van der Waals surface area contributed by atoms with Gasteiger partial charge in [0.15, 0.2) is 6.61 Å². The highest BCUT2D eigenvalue weighted by Gasteiger charge is 2.13. The van der Waals surface area contributed by atoms with Crippen LogP contribution in [0.4, 0.5) is 5.69 Å². The number of benzene rings is 2. The monoisotopic (exact) mass is 371 g/mol. The third-order valence-electron chi connectivity index (χ3n) is 4.52. The summed E-state index contributed by atoms with van der Waals surface area (Å²) >= 11 is 6.08. The van der Waals surface area contributed by atoms with Crippen LogP contribution in [0.2, 0.25) is 5.02 Å². The minimum Gasteiger partial charge on any atom is -0.455 e. The van der Waals surface area contributed by atoms with Gasteiger partial charge in [-0.15, -0.1) is 0 Å². The molecular formula is C21H22ClNO3. The van der Waals surface area contributed by atoms with Crippen LogP contribution in [-0.2, 0) is 33.6 Å². The summed E-state index contributed by atoms with van der Waals surface area (Å²) in [6.45, 7) is 1.59.